The maximum absolute atomic E-state index is 13.2. The van der Waals surface area contributed by atoms with E-state index in [1.807, 2.05) is 32.2 Å². The van der Waals surface area contributed by atoms with Crippen molar-refractivity contribution in [3.63, 3.8) is 0 Å². The number of aromatic nitrogens is 4. The summed E-state index contributed by atoms with van der Waals surface area (Å²) < 4.78 is 4.78. The van der Waals surface area contributed by atoms with Gasteiger partial charge in [0.25, 0.3) is 0 Å². The van der Waals surface area contributed by atoms with Gasteiger partial charge in [0.05, 0.1) is 12.5 Å². The van der Waals surface area contributed by atoms with Gasteiger partial charge in [0.15, 0.2) is 5.82 Å². The van der Waals surface area contributed by atoms with Gasteiger partial charge in [0.1, 0.15) is 17.2 Å². The maximum Gasteiger partial charge on any atom is 0.227 e. The number of amides is 1. The molecule has 0 spiro atoms. The summed E-state index contributed by atoms with van der Waals surface area (Å²) in [6, 6.07) is 10.1. The lowest BCUT2D eigenvalue weighted by molar-refractivity contribution is -0.135. The van der Waals surface area contributed by atoms with Gasteiger partial charge in [-0.05, 0) is 39.0 Å². The van der Waals surface area contributed by atoms with Crippen molar-refractivity contribution in [2.24, 2.45) is 5.92 Å². The van der Waals surface area contributed by atoms with Crippen molar-refractivity contribution in [3.05, 3.63) is 53.0 Å². The number of piperidine rings is 1. The number of carbonyl (C=O) groups excluding carboxylic acids is 1. The Kier molecular flexibility index (Phi) is 5.59. The minimum atomic E-state index is -0.0684. The molecule has 0 radical (unpaired) electrons. The lowest BCUT2D eigenvalue weighted by Crippen LogP contribution is -2.44. The van der Waals surface area contributed by atoms with E-state index >= 15 is 0 Å². The number of nitrogens with zero attached hydrogens (tertiary/aromatic N) is 6. The van der Waals surface area contributed by atoms with Gasteiger partial charge in [-0.2, -0.15) is 0 Å². The van der Waals surface area contributed by atoms with Gasteiger partial charge in [-0.15, -0.1) is 0 Å². The van der Waals surface area contributed by atoms with Crippen LogP contribution in [0.4, 0.5) is 5.82 Å². The number of aryl methyl sites for hydroxylation is 2. The summed E-state index contributed by atoms with van der Waals surface area (Å²) in [5.41, 5.74) is 4.88. The number of hydrogen-bond donors (Lipinski definition) is 0. The van der Waals surface area contributed by atoms with E-state index in [1.54, 1.807) is 4.90 Å². The molecule has 2 aromatic heterocycles. The number of anilines is 1. The first-order valence-corrected chi connectivity index (χ1v) is 11.3. The van der Waals surface area contributed by atoms with Crippen LogP contribution in [0.1, 0.15) is 41.9 Å². The van der Waals surface area contributed by atoms with Gasteiger partial charge in [-0.3, -0.25) is 4.79 Å². The van der Waals surface area contributed by atoms with Crippen LogP contribution in [0.25, 0.3) is 11.4 Å². The molecule has 166 valence electrons. The average Bonchev–Trinajstić information content (AvgIpc) is 3.47. The number of benzene rings is 1. The Balaban J connectivity index is 1.38. The highest BCUT2D eigenvalue weighted by Gasteiger charge is 2.32. The van der Waals surface area contributed by atoms with Gasteiger partial charge < -0.3 is 9.80 Å². The molecule has 1 aliphatic heterocycles. The molecule has 1 aliphatic carbocycles. The summed E-state index contributed by atoms with van der Waals surface area (Å²) in [4.78, 5) is 27.2. The van der Waals surface area contributed by atoms with Crippen molar-refractivity contribution in [3.8, 4) is 11.4 Å². The second kappa shape index (κ2) is 8.68. The molecule has 0 saturated carbocycles. The average molecular weight is 433 g/mol. The number of hydrogen-bond acceptors (Lipinski definition) is 7. The molecule has 2 aliphatic rings. The SMILES string of the molecule is Cc1nonc1CN(C)C(=O)[C@H]1CCCN(c2nc(-c3ccccc3)nc3c2CCC3)C1. The predicted octanol–water partition coefficient (Wildman–Crippen LogP) is 3.20. The molecule has 0 N–H and O–H groups in total. The Morgan fingerprint density at radius 1 is 1.16 bits per heavy atom. The first-order valence-electron chi connectivity index (χ1n) is 11.3. The highest BCUT2D eigenvalue weighted by Crippen LogP contribution is 2.33. The van der Waals surface area contributed by atoms with Crippen LogP contribution in [0.3, 0.4) is 0 Å². The van der Waals surface area contributed by atoms with E-state index in [0.717, 1.165) is 67.2 Å². The van der Waals surface area contributed by atoms with E-state index in [-0.39, 0.29) is 11.8 Å². The zero-order chi connectivity index (χ0) is 22.1. The number of carbonyl (C=O) groups is 1. The second-order valence-corrected chi connectivity index (χ2v) is 8.79. The summed E-state index contributed by atoms with van der Waals surface area (Å²) >= 11 is 0. The molecule has 1 atom stereocenters. The zero-order valence-corrected chi connectivity index (χ0v) is 18.6. The summed E-state index contributed by atoms with van der Waals surface area (Å²) in [7, 11) is 1.82. The van der Waals surface area contributed by atoms with Crippen LogP contribution in [0.15, 0.2) is 35.0 Å². The standard InChI is InChI=1S/C24H28N6O2/c1-16-21(28-32-27-16)15-29(2)24(31)18-10-7-13-30(14-18)23-19-11-6-12-20(19)25-22(26-23)17-8-4-3-5-9-17/h3-5,8-9,18H,6-7,10-15H2,1-2H3/t18-/m0/s1. The third-order valence-corrected chi connectivity index (χ3v) is 6.52. The van der Waals surface area contributed by atoms with E-state index in [2.05, 4.69) is 27.3 Å². The van der Waals surface area contributed by atoms with Crippen molar-refractivity contribution in [1.82, 2.24) is 25.2 Å². The van der Waals surface area contributed by atoms with Gasteiger partial charge in [-0.1, -0.05) is 40.6 Å². The molecule has 1 aromatic carbocycles. The highest BCUT2D eigenvalue weighted by molar-refractivity contribution is 5.79. The quantitative estimate of drug-likeness (QED) is 0.612. The molecular weight excluding hydrogens is 404 g/mol. The van der Waals surface area contributed by atoms with E-state index in [4.69, 9.17) is 14.6 Å². The minimum absolute atomic E-state index is 0.0684. The van der Waals surface area contributed by atoms with Gasteiger partial charge >= 0.3 is 0 Å². The Morgan fingerprint density at radius 2 is 2.00 bits per heavy atom. The molecular formula is C24H28N6O2. The Labute approximate surface area is 187 Å². The summed E-state index contributed by atoms with van der Waals surface area (Å²) in [6.45, 7) is 3.84. The van der Waals surface area contributed by atoms with Crippen molar-refractivity contribution in [2.75, 3.05) is 25.0 Å². The Morgan fingerprint density at radius 3 is 2.78 bits per heavy atom. The predicted molar refractivity (Wildman–Crippen MR) is 120 cm³/mol. The van der Waals surface area contributed by atoms with E-state index < -0.39 is 0 Å². The molecule has 1 fully saturated rings. The monoisotopic (exact) mass is 432 g/mol. The van der Waals surface area contributed by atoms with Crippen molar-refractivity contribution >= 4 is 11.7 Å². The first kappa shape index (κ1) is 20.6. The summed E-state index contributed by atoms with van der Waals surface area (Å²) in [5.74, 6) is 1.86. The number of rotatable bonds is 5. The van der Waals surface area contributed by atoms with Crippen molar-refractivity contribution in [2.45, 2.75) is 45.6 Å². The topological polar surface area (TPSA) is 88.3 Å². The lowest BCUT2D eigenvalue weighted by Gasteiger charge is -2.35. The molecule has 8 heteroatoms. The van der Waals surface area contributed by atoms with Crippen LogP contribution in [0.2, 0.25) is 0 Å². The van der Waals surface area contributed by atoms with Gasteiger partial charge in [0.2, 0.25) is 5.91 Å². The lowest BCUT2D eigenvalue weighted by atomic mass is 9.96. The van der Waals surface area contributed by atoms with Crippen LogP contribution in [0, 0.1) is 12.8 Å². The van der Waals surface area contributed by atoms with E-state index in [0.29, 0.717) is 18.8 Å². The van der Waals surface area contributed by atoms with Crippen molar-refractivity contribution in [1.29, 1.82) is 0 Å². The highest BCUT2D eigenvalue weighted by atomic mass is 16.6. The molecule has 3 heterocycles. The number of fused-ring (bicyclic) bond motifs is 1. The normalized spacial score (nSPS) is 17.9. The summed E-state index contributed by atoms with van der Waals surface area (Å²) in [5, 5.41) is 7.73. The molecule has 32 heavy (non-hydrogen) atoms. The third-order valence-electron chi connectivity index (χ3n) is 6.52. The third kappa shape index (κ3) is 3.97. The molecule has 3 aromatic rings. The molecule has 0 bridgehead atoms. The van der Waals surface area contributed by atoms with Crippen LogP contribution in [0.5, 0.6) is 0 Å². The molecule has 8 nitrogen and oxygen atoms in total. The Bertz CT molecular complexity index is 1110. The van der Waals surface area contributed by atoms with Crippen LogP contribution < -0.4 is 4.90 Å². The second-order valence-electron chi connectivity index (χ2n) is 8.79. The zero-order valence-electron chi connectivity index (χ0n) is 18.6. The first-order chi connectivity index (χ1) is 15.6. The molecule has 0 unspecified atom stereocenters. The van der Waals surface area contributed by atoms with Crippen LogP contribution in [-0.2, 0) is 24.2 Å². The van der Waals surface area contributed by atoms with E-state index in [1.165, 1.54) is 5.56 Å². The fourth-order valence-corrected chi connectivity index (χ4v) is 4.77. The molecule has 5 rings (SSSR count). The molecule has 1 saturated heterocycles. The molecule has 1 amide bonds. The largest absolute Gasteiger partial charge is 0.355 e. The fraction of sp³-hybridized carbons (Fsp3) is 0.458. The van der Waals surface area contributed by atoms with Gasteiger partial charge in [0, 0.05) is 37.0 Å². The van der Waals surface area contributed by atoms with Crippen molar-refractivity contribution < 1.29 is 9.42 Å². The fourth-order valence-electron chi connectivity index (χ4n) is 4.77. The van der Waals surface area contributed by atoms with Crippen LogP contribution in [-0.4, -0.2) is 51.2 Å². The van der Waals surface area contributed by atoms with Crippen LogP contribution >= 0.6 is 0 Å². The minimum Gasteiger partial charge on any atom is -0.355 e. The van der Waals surface area contributed by atoms with Gasteiger partial charge in [-0.25, -0.2) is 14.6 Å². The smallest absolute Gasteiger partial charge is 0.227 e. The summed E-state index contributed by atoms with van der Waals surface area (Å²) in [6.07, 6.45) is 4.96. The maximum atomic E-state index is 13.2. The van der Waals surface area contributed by atoms with E-state index in [9.17, 15) is 4.79 Å². The Hall–Kier alpha value is -3.29.